The van der Waals surface area contributed by atoms with Crippen LogP contribution >= 0.6 is 0 Å². The summed E-state index contributed by atoms with van der Waals surface area (Å²) in [6.07, 6.45) is 2.07. The van der Waals surface area contributed by atoms with Gasteiger partial charge in [-0.15, -0.1) is 0 Å². The Balaban J connectivity index is 1.66. The molecular weight excluding hydrogens is 560 g/mol. The number of ketones is 1. The first-order chi connectivity index (χ1) is 22.0. The highest BCUT2D eigenvalue weighted by Crippen LogP contribution is 2.41. The maximum atomic E-state index is 13.7. The molecule has 0 heterocycles. The van der Waals surface area contributed by atoms with E-state index in [1.807, 2.05) is 24.3 Å². The van der Waals surface area contributed by atoms with E-state index in [9.17, 15) is 4.79 Å². The Morgan fingerprint density at radius 2 is 0.761 bits per heavy atom. The van der Waals surface area contributed by atoms with Crippen molar-refractivity contribution in [2.24, 2.45) is 0 Å². The summed E-state index contributed by atoms with van der Waals surface area (Å²) < 4.78 is 0. The highest BCUT2D eigenvalue weighted by atomic mass is 16.1. The minimum absolute atomic E-state index is 0.0538. The zero-order valence-electron chi connectivity index (χ0n) is 30.0. The lowest BCUT2D eigenvalue weighted by Crippen LogP contribution is -2.22. The third-order valence-corrected chi connectivity index (χ3v) is 9.00. The van der Waals surface area contributed by atoms with Gasteiger partial charge in [0.05, 0.1) is 0 Å². The molecule has 0 unspecified atom stereocenters. The molecule has 244 valence electrons. The maximum absolute atomic E-state index is 13.7. The molecule has 3 nitrogen and oxygen atoms in total. The molecule has 0 aliphatic heterocycles. The minimum atomic E-state index is 0.0538. The van der Waals surface area contributed by atoms with Gasteiger partial charge in [0, 0.05) is 47.0 Å². The van der Waals surface area contributed by atoms with E-state index in [0.29, 0.717) is 34.8 Å². The molecule has 46 heavy (non-hydrogen) atoms. The maximum Gasteiger partial charge on any atom is 0.193 e. The van der Waals surface area contributed by atoms with Crippen LogP contribution in [0.4, 0.5) is 22.7 Å². The quantitative estimate of drug-likeness (QED) is 0.132. The zero-order chi connectivity index (χ0) is 33.5. The average Bonchev–Trinajstić information content (AvgIpc) is 3.05. The van der Waals surface area contributed by atoms with Gasteiger partial charge in [-0.1, -0.05) is 106 Å². The third-order valence-electron chi connectivity index (χ3n) is 9.00. The summed E-state index contributed by atoms with van der Waals surface area (Å²) in [6.45, 7) is 24.5. The molecule has 0 amide bonds. The second-order valence-corrected chi connectivity index (χ2v) is 13.9. The Bertz CT molecular complexity index is 1410. The lowest BCUT2D eigenvalue weighted by Gasteiger charge is -2.32. The smallest absolute Gasteiger partial charge is 0.193 e. The molecule has 0 atom stereocenters. The van der Waals surface area contributed by atoms with E-state index < -0.39 is 0 Å². The summed E-state index contributed by atoms with van der Waals surface area (Å²) in [5, 5.41) is 0. The van der Waals surface area contributed by atoms with Crippen molar-refractivity contribution in [3.05, 3.63) is 118 Å². The molecule has 0 aliphatic rings. The summed E-state index contributed by atoms with van der Waals surface area (Å²) >= 11 is 0. The lowest BCUT2D eigenvalue weighted by atomic mass is 9.91. The van der Waals surface area contributed by atoms with Gasteiger partial charge in [0.25, 0.3) is 0 Å². The highest BCUT2D eigenvalue weighted by molar-refractivity contribution is 6.09. The zero-order valence-corrected chi connectivity index (χ0v) is 30.0. The predicted molar refractivity (Wildman–Crippen MR) is 200 cm³/mol. The van der Waals surface area contributed by atoms with Gasteiger partial charge < -0.3 is 9.80 Å². The van der Waals surface area contributed by atoms with Crippen LogP contribution in [-0.4, -0.2) is 18.9 Å². The molecule has 0 aromatic heterocycles. The molecule has 0 saturated carbocycles. The van der Waals surface area contributed by atoms with E-state index in [1.165, 1.54) is 33.6 Å². The van der Waals surface area contributed by atoms with Crippen molar-refractivity contribution in [3.8, 4) is 0 Å². The lowest BCUT2D eigenvalue weighted by molar-refractivity contribution is 0.103. The predicted octanol–water partition coefficient (Wildman–Crippen LogP) is 12.5. The Morgan fingerprint density at radius 1 is 0.478 bits per heavy atom. The fraction of sp³-hybridized carbons (Fsp3) is 0.419. The van der Waals surface area contributed by atoms with Crippen LogP contribution in [0, 0.1) is 0 Å². The summed E-state index contributed by atoms with van der Waals surface area (Å²) in [6, 6.07) is 29.9. The fourth-order valence-corrected chi connectivity index (χ4v) is 6.59. The molecular formula is C43H56N2O. The molecule has 0 N–H and O–H groups in total. The van der Waals surface area contributed by atoms with E-state index in [1.54, 1.807) is 0 Å². The van der Waals surface area contributed by atoms with Crippen LogP contribution in [0.1, 0.15) is 144 Å². The summed E-state index contributed by atoms with van der Waals surface area (Å²) in [7, 11) is 0. The molecule has 0 aliphatic carbocycles. The molecule has 4 rings (SSSR count). The van der Waals surface area contributed by atoms with Gasteiger partial charge >= 0.3 is 0 Å². The molecule has 4 aromatic rings. The number of nitrogens with zero attached hydrogens (tertiary/aromatic N) is 2. The van der Waals surface area contributed by atoms with Crippen LogP contribution in [0.5, 0.6) is 0 Å². The van der Waals surface area contributed by atoms with E-state index >= 15 is 0 Å². The Labute approximate surface area is 279 Å². The largest absolute Gasteiger partial charge is 0.341 e. The van der Waals surface area contributed by atoms with Gasteiger partial charge in [-0.05, 0) is 107 Å². The summed E-state index contributed by atoms with van der Waals surface area (Å²) in [4.78, 5) is 18.7. The second kappa shape index (κ2) is 15.6. The molecule has 0 bridgehead atoms. The normalized spacial score (nSPS) is 11.6. The molecule has 4 aromatic carbocycles. The third kappa shape index (κ3) is 7.57. The topological polar surface area (TPSA) is 23.6 Å². The number of benzene rings is 4. The van der Waals surface area contributed by atoms with Crippen LogP contribution in [-0.2, 0) is 0 Å². The van der Waals surface area contributed by atoms with E-state index in [4.69, 9.17) is 0 Å². The van der Waals surface area contributed by atoms with Gasteiger partial charge in [0.1, 0.15) is 0 Å². The number of rotatable bonds is 14. The first kappa shape index (κ1) is 35.0. The average molecular weight is 617 g/mol. The standard InChI is InChI=1S/C43H56N2O/c1-11-27-44(41-37(29(3)4)15-13-16-38(41)30(5)6)35-23-19-33(20-24-35)43(46)34-21-25-36(26-22-34)45(28-12-2)42-39(31(7)8)17-14-18-40(42)32(9)10/h13-26,29-32H,11-12,27-28H2,1-10H3. The SMILES string of the molecule is CCCN(c1ccc(C(=O)c2ccc(N(CCC)c3c(C(C)C)cccc3C(C)C)cc2)cc1)c1c(C(C)C)cccc1C(C)C. The Kier molecular flexibility index (Phi) is 11.9. The monoisotopic (exact) mass is 616 g/mol. The number of hydrogen-bond acceptors (Lipinski definition) is 3. The van der Waals surface area contributed by atoms with Crippen molar-refractivity contribution in [1.29, 1.82) is 0 Å². The van der Waals surface area contributed by atoms with Crippen molar-refractivity contribution in [2.45, 2.75) is 106 Å². The van der Waals surface area contributed by atoms with Crippen LogP contribution in [0.3, 0.4) is 0 Å². The number of para-hydroxylation sites is 2. The molecule has 0 fully saturated rings. The van der Waals surface area contributed by atoms with E-state index in [0.717, 1.165) is 37.3 Å². The van der Waals surface area contributed by atoms with E-state index in [-0.39, 0.29) is 5.78 Å². The van der Waals surface area contributed by atoms with Crippen LogP contribution in [0.25, 0.3) is 0 Å². The van der Waals surface area contributed by atoms with Gasteiger partial charge in [-0.25, -0.2) is 0 Å². The van der Waals surface area contributed by atoms with Crippen molar-refractivity contribution in [1.82, 2.24) is 0 Å². The van der Waals surface area contributed by atoms with Gasteiger partial charge in [-0.3, -0.25) is 4.79 Å². The minimum Gasteiger partial charge on any atom is -0.341 e. The Morgan fingerprint density at radius 3 is 1.00 bits per heavy atom. The first-order valence-electron chi connectivity index (χ1n) is 17.5. The van der Waals surface area contributed by atoms with Crippen molar-refractivity contribution in [2.75, 3.05) is 22.9 Å². The van der Waals surface area contributed by atoms with Gasteiger partial charge in [0.2, 0.25) is 0 Å². The van der Waals surface area contributed by atoms with Crippen molar-refractivity contribution >= 4 is 28.5 Å². The number of carbonyl (C=O) groups excluding carboxylic acids is 1. The number of carbonyl (C=O) groups is 1. The summed E-state index contributed by atoms with van der Waals surface area (Å²) in [5.41, 5.74) is 11.8. The molecule has 3 heteroatoms. The summed E-state index contributed by atoms with van der Waals surface area (Å²) in [5.74, 6) is 1.72. The number of anilines is 4. The second-order valence-electron chi connectivity index (χ2n) is 13.9. The van der Waals surface area contributed by atoms with E-state index in [2.05, 4.69) is 140 Å². The number of hydrogen-bond donors (Lipinski definition) is 0. The Hall–Kier alpha value is -3.85. The highest BCUT2D eigenvalue weighted by Gasteiger charge is 2.23. The van der Waals surface area contributed by atoms with Gasteiger partial charge in [-0.2, -0.15) is 0 Å². The van der Waals surface area contributed by atoms with Crippen molar-refractivity contribution < 1.29 is 4.79 Å². The first-order valence-corrected chi connectivity index (χ1v) is 17.5. The fourth-order valence-electron chi connectivity index (χ4n) is 6.59. The van der Waals surface area contributed by atoms with Crippen LogP contribution in [0.15, 0.2) is 84.9 Å². The van der Waals surface area contributed by atoms with Crippen molar-refractivity contribution in [3.63, 3.8) is 0 Å². The molecule has 0 saturated heterocycles. The molecule has 0 radical (unpaired) electrons. The molecule has 0 spiro atoms. The van der Waals surface area contributed by atoms with Crippen LogP contribution < -0.4 is 9.80 Å². The van der Waals surface area contributed by atoms with Gasteiger partial charge in [0.15, 0.2) is 5.78 Å². The van der Waals surface area contributed by atoms with Crippen LogP contribution in [0.2, 0.25) is 0 Å².